The van der Waals surface area contributed by atoms with Crippen LogP contribution in [0.4, 0.5) is 0 Å². The fourth-order valence-electron chi connectivity index (χ4n) is 1.32. The number of rotatable bonds is 2. The maximum Gasteiger partial charge on any atom is 0.0842 e. The van der Waals surface area contributed by atoms with E-state index in [9.17, 15) is 0 Å². The van der Waals surface area contributed by atoms with Crippen LogP contribution in [-0.2, 0) is 4.84 Å². The molecule has 0 aliphatic heterocycles. The maximum atomic E-state index is 5.11. The first kappa shape index (κ1) is 9.92. The summed E-state index contributed by atoms with van der Waals surface area (Å²) in [5.74, 6) is 5.11. The molecule has 0 atom stereocenters. The number of hydrogen-bond donors (Lipinski definition) is 1. The van der Waals surface area contributed by atoms with Gasteiger partial charge in [-0.25, -0.2) is 5.90 Å². The van der Waals surface area contributed by atoms with Gasteiger partial charge in [0.05, 0.1) is 5.60 Å². The fourth-order valence-corrected chi connectivity index (χ4v) is 1.32. The molecule has 2 N–H and O–H groups in total. The molecule has 0 aromatic rings. The summed E-state index contributed by atoms with van der Waals surface area (Å²) in [6, 6.07) is 0. The van der Waals surface area contributed by atoms with Gasteiger partial charge in [-0.05, 0) is 25.7 Å². The highest BCUT2D eigenvalue weighted by Crippen LogP contribution is 2.27. The lowest BCUT2D eigenvalue weighted by Gasteiger charge is -2.30. The summed E-state index contributed by atoms with van der Waals surface area (Å²) < 4.78 is 0. The van der Waals surface area contributed by atoms with Gasteiger partial charge >= 0.3 is 0 Å². The Kier molecular flexibility index (Phi) is 2.86. The Bertz CT molecular complexity index is 102. The van der Waals surface area contributed by atoms with Crippen LogP contribution in [0, 0.1) is 5.41 Å². The molecule has 0 saturated carbocycles. The van der Waals surface area contributed by atoms with Crippen LogP contribution in [0.15, 0.2) is 0 Å². The minimum Gasteiger partial charge on any atom is -0.299 e. The van der Waals surface area contributed by atoms with E-state index in [0.717, 1.165) is 6.42 Å². The molecular weight excluding hydrogens is 126 g/mol. The first-order valence-electron chi connectivity index (χ1n) is 3.65. The lowest BCUT2D eigenvalue weighted by Crippen LogP contribution is -2.32. The number of hydrogen-bond acceptors (Lipinski definition) is 2. The smallest absolute Gasteiger partial charge is 0.0842 e. The zero-order valence-electron chi connectivity index (χ0n) is 7.69. The molecule has 0 aliphatic rings. The van der Waals surface area contributed by atoms with Gasteiger partial charge in [0.25, 0.3) is 0 Å². The molecule has 0 rings (SSSR count). The summed E-state index contributed by atoms with van der Waals surface area (Å²) in [6.07, 6.45) is 0.969. The van der Waals surface area contributed by atoms with E-state index >= 15 is 0 Å². The third-order valence-electron chi connectivity index (χ3n) is 1.28. The summed E-state index contributed by atoms with van der Waals surface area (Å²) in [6.45, 7) is 10.5. The van der Waals surface area contributed by atoms with Crippen molar-refractivity contribution >= 4 is 0 Å². The first-order valence-corrected chi connectivity index (χ1v) is 3.65. The van der Waals surface area contributed by atoms with Gasteiger partial charge in [0, 0.05) is 0 Å². The lowest BCUT2D eigenvalue weighted by atomic mass is 9.84. The molecule has 2 heteroatoms. The van der Waals surface area contributed by atoms with Crippen LogP contribution in [0.2, 0.25) is 0 Å². The van der Waals surface area contributed by atoms with Crippen molar-refractivity contribution in [2.75, 3.05) is 0 Å². The molecule has 0 saturated heterocycles. The van der Waals surface area contributed by atoms with Gasteiger partial charge in [-0.3, -0.25) is 4.84 Å². The van der Waals surface area contributed by atoms with Crippen molar-refractivity contribution in [1.82, 2.24) is 0 Å². The molecule has 10 heavy (non-hydrogen) atoms. The summed E-state index contributed by atoms with van der Waals surface area (Å²) in [5.41, 5.74) is 0.0844. The van der Waals surface area contributed by atoms with Gasteiger partial charge in [0.15, 0.2) is 0 Å². The maximum absolute atomic E-state index is 5.11. The fraction of sp³-hybridized carbons (Fsp3) is 1.00. The van der Waals surface area contributed by atoms with Crippen LogP contribution in [0.1, 0.15) is 41.0 Å². The van der Waals surface area contributed by atoms with Crippen molar-refractivity contribution < 1.29 is 4.84 Å². The second-order valence-electron chi connectivity index (χ2n) is 4.61. The van der Waals surface area contributed by atoms with Crippen LogP contribution >= 0.6 is 0 Å². The second kappa shape index (κ2) is 2.89. The molecule has 0 aromatic heterocycles. The van der Waals surface area contributed by atoms with Crippen molar-refractivity contribution in [3.8, 4) is 0 Å². The van der Waals surface area contributed by atoms with E-state index in [1.807, 2.05) is 13.8 Å². The van der Waals surface area contributed by atoms with Crippen molar-refractivity contribution in [1.29, 1.82) is 0 Å². The first-order chi connectivity index (χ1) is 4.27. The van der Waals surface area contributed by atoms with Crippen molar-refractivity contribution in [3.05, 3.63) is 0 Å². The second-order valence-corrected chi connectivity index (χ2v) is 4.61. The molecule has 0 amide bonds. The van der Waals surface area contributed by atoms with Crippen molar-refractivity contribution in [3.63, 3.8) is 0 Å². The Balaban J connectivity index is 3.89. The van der Waals surface area contributed by atoms with E-state index in [0.29, 0.717) is 0 Å². The van der Waals surface area contributed by atoms with Gasteiger partial charge in [-0.15, -0.1) is 0 Å². The van der Waals surface area contributed by atoms with Crippen LogP contribution in [0.25, 0.3) is 0 Å². The van der Waals surface area contributed by atoms with Crippen molar-refractivity contribution in [2.24, 2.45) is 11.3 Å². The molecule has 2 nitrogen and oxygen atoms in total. The summed E-state index contributed by atoms with van der Waals surface area (Å²) >= 11 is 0. The Morgan fingerprint density at radius 1 is 1.10 bits per heavy atom. The highest BCUT2D eigenvalue weighted by molar-refractivity contribution is 4.75. The predicted octanol–water partition coefficient (Wildman–Crippen LogP) is 2.09. The highest BCUT2D eigenvalue weighted by Gasteiger charge is 2.25. The van der Waals surface area contributed by atoms with E-state index in [2.05, 4.69) is 20.8 Å². The molecule has 0 fully saturated rings. The van der Waals surface area contributed by atoms with E-state index in [1.165, 1.54) is 0 Å². The minimum absolute atomic E-state index is 0.196. The van der Waals surface area contributed by atoms with Gasteiger partial charge in [0.2, 0.25) is 0 Å². The third-order valence-corrected chi connectivity index (χ3v) is 1.28. The molecule has 0 bridgehead atoms. The standard InChI is InChI=1S/C8H19NO/c1-7(2,3)6-8(4,5)10-9/h6,9H2,1-5H3. The molecule has 0 aliphatic carbocycles. The molecule has 0 radical (unpaired) electrons. The molecule has 62 valence electrons. The van der Waals surface area contributed by atoms with E-state index < -0.39 is 0 Å². The SMILES string of the molecule is CC(C)(C)CC(C)(C)ON. The Morgan fingerprint density at radius 2 is 1.50 bits per heavy atom. The lowest BCUT2D eigenvalue weighted by molar-refractivity contribution is -0.0453. The summed E-state index contributed by atoms with van der Waals surface area (Å²) in [5, 5.41) is 0. The topological polar surface area (TPSA) is 35.2 Å². The van der Waals surface area contributed by atoms with Crippen molar-refractivity contribution in [2.45, 2.75) is 46.6 Å². The average Bonchev–Trinajstić information content (AvgIpc) is 1.60. The van der Waals surface area contributed by atoms with Crippen LogP contribution in [-0.4, -0.2) is 5.60 Å². The minimum atomic E-state index is -0.196. The van der Waals surface area contributed by atoms with Gasteiger partial charge in [-0.1, -0.05) is 20.8 Å². The van der Waals surface area contributed by atoms with Crippen LogP contribution < -0.4 is 5.90 Å². The average molecular weight is 145 g/mol. The monoisotopic (exact) mass is 145 g/mol. The van der Waals surface area contributed by atoms with Crippen LogP contribution in [0.3, 0.4) is 0 Å². The summed E-state index contributed by atoms with van der Waals surface area (Å²) in [7, 11) is 0. The zero-order valence-corrected chi connectivity index (χ0v) is 7.69. The zero-order chi connectivity index (χ0) is 8.41. The van der Waals surface area contributed by atoms with E-state index in [4.69, 9.17) is 10.7 Å². The molecular formula is C8H19NO. The largest absolute Gasteiger partial charge is 0.299 e. The van der Waals surface area contributed by atoms with Crippen LogP contribution in [0.5, 0.6) is 0 Å². The number of nitrogens with two attached hydrogens (primary N) is 1. The molecule has 0 heterocycles. The summed E-state index contributed by atoms with van der Waals surface area (Å²) in [4.78, 5) is 4.81. The van der Waals surface area contributed by atoms with E-state index in [1.54, 1.807) is 0 Å². The normalized spacial score (nSPS) is 13.8. The van der Waals surface area contributed by atoms with Gasteiger partial charge < -0.3 is 0 Å². The Labute approximate surface area is 63.7 Å². The van der Waals surface area contributed by atoms with E-state index in [-0.39, 0.29) is 11.0 Å². The van der Waals surface area contributed by atoms with Gasteiger partial charge in [-0.2, -0.15) is 0 Å². The Morgan fingerprint density at radius 3 is 1.60 bits per heavy atom. The van der Waals surface area contributed by atoms with Gasteiger partial charge in [0.1, 0.15) is 0 Å². The third kappa shape index (κ3) is 4.77. The highest BCUT2D eigenvalue weighted by atomic mass is 16.6. The molecule has 0 aromatic carbocycles. The quantitative estimate of drug-likeness (QED) is 0.604. The Hall–Kier alpha value is -0.0800. The molecule has 0 unspecified atom stereocenters. The predicted molar refractivity (Wildman–Crippen MR) is 43.4 cm³/mol. The molecule has 0 spiro atoms.